The number of hydrogen-bond donors (Lipinski definition) is 2. The molecular weight excluding hydrogens is 208 g/mol. The van der Waals surface area contributed by atoms with E-state index in [2.05, 4.69) is 15.9 Å². The quantitative estimate of drug-likeness (QED) is 0.702. The Morgan fingerprint density at radius 3 is 2.73 bits per heavy atom. The third-order valence-electron chi connectivity index (χ3n) is 1.22. The predicted molar refractivity (Wildman–Crippen MR) is 44.3 cm³/mol. The molecule has 0 heterocycles. The van der Waals surface area contributed by atoms with E-state index in [1.165, 1.54) is 0 Å². The Bertz CT molecular complexity index is 306. The second kappa shape index (κ2) is 3.37. The van der Waals surface area contributed by atoms with Crippen molar-refractivity contribution in [1.82, 2.24) is 0 Å². The molecule has 1 aromatic rings. The molecule has 0 aliphatic rings. The summed E-state index contributed by atoms with van der Waals surface area (Å²) < 4.78 is 0.666. The van der Waals surface area contributed by atoms with E-state index >= 15 is 0 Å². The second-order valence-corrected chi connectivity index (χ2v) is 2.77. The van der Waals surface area contributed by atoms with Gasteiger partial charge < -0.3 is 0 Å². The molecule has 56 valence electrons. The molecule has 0 radical (unpaired) electrons. The lowest BCUT2D eigenvalue weighted by Gasteiger charge is -2.00. The van der Waals surface area contributed by atoms with E-state index in [4.69, 9.17) is 10.5 Å². The second-order valence-electron chi connectivity index (χ2n) is 1.92. The van der Waals surface area contributed by atoms with Crippen LogP contribution in [-0.2, 0) is 0 Å². The summed E-state index contributed by atoms with van der Waals surface area (Å²) in [5.74, 6) is 0. The summed E-state index contributed by atoms with van der Waals surface area (Å²) in [6, 6.07) is 6.83. The molecule has 0 unspecified atom stereocenters. The number of anilines is 1. The first-order chi connectivity index (χ1) is 5.27. The summed E-state index contributed by atoms with van der Waals surface area (Å²) in [7, 11) is 0. The average molecular weight is 213 g/mol. The number of benzene rings is 1. The first-order valence-corrected chi connectivity index (χ1v) is 3.67. The molecule has 0 aliphatic heterocycles. The van der Waals surface area contributed by atoms with Crippen LogP contribution in [0.4, 0.5) is 5.69 Å². The monoisotopic (exact) mass is 212 g/mol. The van der Waals surface area contributed by atoms with E-state index in [1.54, 1.807) is 18.2 Å². The van der Waals surface area contributed by atoms with Gasteiger partial charge in [-0.25, -0.2) is 0 Å². The highest BCUT2D eigenvalue weighted by Gasteiger charge is 1.98. The van der Waals surface area contributed by atoms with E-state index in [1.807, 2.05) is 11.5 Å². The van der Waals surface area contributed by atoms with Crippen LogP contribution in [0.3, 0.4) is 0 Å². The van der Waals surface area contributed by atoms with Crippen molar-refractivity contribution in [3.05, 3.63) is 28.2 Å². The molecule has 1 aromatic carbocycles. The van der Waals surface area contributed by atoms with Crippen molar-refractivity contribution in [3.63, 3.8) is 0 Å². The molecule has 0 aromatic heterocycles. The van der Waals surface area contributed by atoms with Crippen LogP contribution in [-0.4, -0.2) is 5.21 Å². The Labute approximate surface area is 72.4 Å². The fourth-order valence-corrected chi connectivity index (χ4v) is 1.14. The number of rotatable bonds is 1. The summed E-state index contributed by atoms with van der Waals surface area (Å²) in [5, 5.41) is 17.0. The van der Waals surface area contributed by atoms with E-state index in [0.29, 0.717) is 15.7 Å². The molecule has 3 nitrogen and oxygen atoms in total. The molecule has 2 N–H and O–H groups in total. The zero-order valence-corrected chi connectivity index (χ0v) is 7.09. The Hall–Kier alpha value is -1.05. The third-order valence-corrected chi connectivity index (χ3v) is 1.87. The average Bonchev–Trinajstić information content (AvgIpc) is 2.04. The van der Waals surface area contributed by atoms with Gasteiger partial charge in [0.1, 0.15) is 0 Å². The van der Waals surface area contributed by atoms with Crippen molar-refractivity contribution in [2.45, 2.75) is 0 Å². The van der Waals surface area contributed by atoms with Gasteiger partial charge in [0, 0.05) is 4.47 Å². The molecule has 0 fully saturated rings. The van der Waals surface area contributed by atoms with Gasteiger partial charge in [-0.1, -0.05) is 0 Å². The molecule has 0 spiro atoms. The number of halogens is 1. The zero-order valence-electron chi connectivity index (χ0n) is 5.50. The van der Waals surface area contributed by atoms with Crippen molar-refractivity contribution in [2.75, 3.05) is 5.48 Å². The smallest absolute Gasteiger partial charge is 0.0992 e. The number of nitrogens with zero attached hydrogens (tertiary/aromatic N) is 1. The lowest BCUT2D eigenvalue weighted by atomic mass is 10.2. The molecule has 1 rings (SSSR count). The SMILES string of the molecule is N#Cc1ccc(NO)c(Br)c1. The van der Waals surface area contributed by atoms with E-state index in [9.17, 15) is 0 Å². The molecule has 0 saturated carbocycles. The highest BCUT2D eigenvalue weighted by Crippen LogP contribution is 2.22. The summed E-state index contributed by atoms with van der Waals surface area (Å²) >= 11 is 3.17. The van der Waals surface area contributed by atoms with Gasteiger partial charge in [-0.2, -0.15) is 5.26 Å². The summed E-state index contributed by atoms with van der Waals surface area (Å²) in [6.07, 6.45) is 0. The Balaban J connectivity index is 3.12. The van der Waals surface area contributed by atoms with Gasteiger partial charge in [-0.05, 0) is 34.1 Å². The minimum atomic E-state index is 0.545. The fourth-order valence-electron chi connectivity index (χ4n) is 0.675. The molecule has 4 heteroatoms. The van der Waals surface area contributed by atoms with E-state index in [-0.39, 0.29) is 0 Å². The van der Waals surface area contributed by atoms with Gasteiger partial charge in [0.25, 0.3) is 0 Å². The van der Waals surface area contributed by atoms with Crippen LogP contribution in [0.15, 0.2) is 22.7 Å². The van der Waals surface area contributed by atoms with Gasteiger partial charge in [0.15, 0.2) is 0 Å². The van der Waals surface area contributed by atoms with Gasteiger partial charge in [0.2, 0.25) is 0 Å². The van der Waals surface area contributed by atoms with Crippen molar-refractivity contribution in [3.8, 4) is 6.07 Å². The summed E-state index contributed by atoms with van der Waals surface area (Å²) in [5.41, 5.74) is 3.09. The van der Waals surface area contributed by atoms with Crippen LogP contribution in [0, 0.1) is 11.3 Å². The normalized spacial score (nSPS) is 8.82. The molecule has 0 atom stereocenters. The predicted octanol–water partition coefficient (Wildman–Crippen LogP) is 2.12. The maximum Gasteiger partial charge on any atom is 0.0992 e. The minimum Gasteiger partial charge on any atom is -0.291 e. The fraction of sp³-hybridized carbons (Fsp3) is 0. The van der Waals surface area contributed by atoms with Gasteiger partial charge >= 0.3 is 0 Å². The van der Waals surface area contributed by atoms with Crippen molar-refractivity contribution < 1.29 is 5.21 Å². The van der Waals surface area contributed by atoms with Crippen molar-refractivity contribution in [2.24, 2.45) is 0 Å². The topological polar surface area (TPSA) is 56.0 Å². The highest BCUT2D eigenvalue weighted by molar-refractivity contribution is 9.10. The van der Waals surface area contributed by atoms with E-state index in [0.717, 1.165) is 0 Å². The number of nitriles is 1. The molecule has 0 bridgehead atoms. The number of hydrogen-bond acceptors (Lipinski definition) is 3. The number of nitrogens with one attached hydrogen (secondary N) is 1. The molecule has 0 amide bonds. The van der Waals surface area contributed by atoms with Gasteiger partial charge in [-0.3, -0.25) is 10.7 Å². The van der Waals surface area contributed by atoms with Gasteiger partial charge in [0.05, 0.1) is 17.3 Å². The van der Waals surface area contributed by atoms with Crippen molar-refractivity contribution >= 4 is 21.6 Å². The van der Waals surface area contributed by atoms with Crippen LogP contribution in [0.1, 0.15) is 5.56 Å². The molecule has 0 aliphatic carbocycles. The van der Waals surface area contributed by atoms with Crippen LogP contribution in [0.25, 0.3) is 0 Å². The third kappa shape index (κ3) is 1.70. The van der Waals surface area contributed by atoms with Gasteiger partial charge in [-0.15, -0.1) is 0 Å². The van der Waals surface area contributed by atoms with Crippen LogP contribution < -0.4 is 5.48 Å². The maximum absolute atomic E-state index is 8.52. The standard InChI is InChI=1S/C7H5BrN2O/c8-6-3-5(4-9)1-2-7(6)10-11/h1-3,10-11H. The maximum atomic E-state index is 8.52. The molecular formula is C7H5BrN2O. The lowest BCUT2D eigenvalue weighted by molar-refractivity contribution is 0.388. The van der Waals surface area contributed by atoms with Crippen LogP contribution in [0.2, 0.25) is 0 Å². The summed E-state index contributed by atoms with van der Waals surface area (Å²) in [4.78, 5) is 0. The van der Waals surface area contributed by atoms with Crippen molar-refractivity contribution in [1.29, 1.82) is 5.26 Å². The minimum absolute atomic E-state index is 0.545. The van der Waals surface area contributed by atoms with Crippen LogP contribution >= 0.6 is 15.9 Å². The van der Waals surface area contributed by atoms with Crippen LogP contribution in [0.5, 0.6) is 0 Å². The lowest BCUT2D eigenvalue weighted by Crippen LogP contribution is -1.90. The molecule has 11 heavy (non-hydrogen) atoms. The summed E-state index contributed by atoms with van der Waals surface area (Å²) in [6.45, 7) is 0. The Morgan fingerprint density at radius 2 is 2.27 bits per heavy atom. The highest BCUT2D eigenvalue weighted by atomic mass is 79.9. The van der Waals surface area contributed by atoms with E-state index < -0.39 is 0 Å². The first kappa shape index (κ1) is 8.05. The zero-order chi connectivity index (χ0) is 8.27. The molecule has 0 saturated heterocycles. The first-order valence-electron chi connectivity index (χ1n) is 2.87. The Morgan fingerprint density at radius 1 is 1.55 bits per heavy atom. The Kier molecular flexibility index (Phi) is 2.47. The largest absolute Gasteiger partial charge is 0.291 e.